The topological polar surface area (TPSA) is 46.2 Å². The second-order valence-electron chi connectivity index (χ2n) is 3.87. The number of carbonyl (C=O) groups is 2. The smallest absolute Gasteiger partial charge is 0.238 e. The number of hydrogen-bond donors (Lipinski definition) is 1. The second kappa shape index (κ2) is 3.93. The van der Waals surface area contributed by atoms with Gasteiger partial charge in [0, 0.05) is 0 Å². The molecule has 1 aromatic carbocycles. The van der Waals surface area contributed by atoms with E-state index in [4.69, 9.17) is 0 Å². The number of nitrogens with one attached hydrogen (secondary N) is 1. The molecule has 3 heteroatoms. The zero-order chi connectivity index (χ0) is 11.6. The summed E-state index contributed by atoms with van der Waals surface area (Å²) in [5.74, 6) is -0.299. The normalized spacial score (nSPS) is 24.2. The largest absolute Gasteiger partial charge is 0.348 e. The summed E-state index contributed by atoms with van der Waals surface area (Å²) in [6, 6.07) is 9.15. The Hall–Kier alpha value is -1.90. The number of hydrogen-bond acceptors (Lipinski definition) is 2. The summed E-state index contributed by atoms with van der Waals surface area (Å²) >= 11 is 0. The minimum absolute atomic E-state index is 0.0800. The fraction of sp³-hybridized carbons (Fsp3) is 0.231. The number of allylic oxidation sites excluding steroid dienone is 1. The Labute approximate surface area is 94.2 Å². The van der Waals surface area contributed by atoms with Crippen molar-refractivity contribution in [2.45, 2.75) is 11.8 Å². The van der Waals surface area contributed by atoms with Crippen molar-refractivity contribution in [2.75, 3.05) is 6.54 Å². The molecule has 1 unspecified atom stereocenters. The molecule has 1 aliphatic rings. The lowest BCUT2D eigenvalue weighted by Crippen LogP contribution is -2.39. The first-order valence-corrected chi connectivity index (χ1v) is 5.20. The Balaban J connectivity index is 2.55. The minimum atomic E-state index is -1.05. The lowest BCUT2D eigenvalue weighted by Gasteiger charge is -2.23. The number of ketones is 1. The molecule has 1 heterocycles. The summed E-state index contributed by atoms with van der Waals surface area (Å²) in [7, 11) is 0. The molecular formula is C13H13NO2. The highest BCUT2D eigenvalue weighted by molar-refractivity contribution is 6.17. The third kappa shape index (κ3) is 1.36. The van der Waals surface area contributed by atoms with Crippen LogP contribution in [0.5, 0.6) is 0 Å². The fourth-order valence-corrected chi connectivity index (χ4v) is 2.14. The van der Waals surface area contributed by atoms with Gasteiger partial charge < -0.3 is 5.32 Å². The molecule has 1 amide bonds. The van der Waals surface area contributed by atoms with Crippen molar-refractivity contribution in [1.29, 1.82) is 0 Å². The van der Waals surface area contributed by atoms with E-state index in [1.165, 1.54) is 0 Å². The number of carbonyl (C=O) groups excluding carboxylic acids is 2. The van der Waals surface area contributed by atoms with Gasteiger partial charge in [0.25, 0.3) is 0 Å². The van der Waals surface area contributed by atoms with Crippen molar-refractivity contribution in [3.05, 3.63) is 48.6 Å². The van der Waals surface area contributed by atoms with Crippen LogP contribution < -0.4 is 5.32 Å². The highest BCUT2D eigenvalue weighted by atomic mass is 16.2. The zero-order valence-corrected chi connectivity index (χ0v) is 8.90. The van der Waals surface area contributed by atoms with E-state index in [9.17, 15) is 9.59 Å². The van der Waals surface area contributed by atoms with Crippen LogP contribution in [0.15, 0.2) is 43.0 Å². The van der Waals surface area contributed by atoms with Crippen LogP contribution in [-0.2, 0) is 15.0 Å². The van der Waals surface area contributed by atoms with E-state index in [1.807, 2.05) is 30.3 Å². The average Bonchev–Trinajstić information content (AvgIpc) is 2.60. The lowest BCUT2D eigenvalue weighted by molar-refractivity contribution is -0.129. The van der Waals surface area contributed by atoms with E-state index in [1.54, 1.807) is 6.08 Å². The van der Waals surface area contributed by atoms with Gasteiger partial charge in [0.05, 0.1) is 6.54 Å². The number of Topliss-reactive ketones (excluding diaryl/α,β-unsaturated/α-hetero) is 1. The predicted octanol–water partition coefficient (Wildman–Crippen LogP) is 1.20. The molecule has 1 aliphatic heterocycles. The van der Waals surface area contributed by atoms with Crippen LogP contribution in [0.2, 0.25) is 0 Å². The van der Waals surface area contributed by atoms with E-state index >= 15 is 0 Å². The van der Waals surface area contributed by atoms with Gasteiger partial charge in [0.2, 0.25) is 5.91 Å². The van der Waals surface area contributed by atoms with Crippen LogP contribution in [0.1, 0.15) is 12.0 Å². The van der Waals surface area contributed by atoms with Crippen molar-refractivity contribution >= 4 is 11.7 Å². The number of amides is 1. The summed E-state index contributed by atoms with van der Waals surface area (Å²) in [5, 5.41) is 2.61. The lowest BCUT2D eigenvalue weighted by atomic mass is 9.75. The molecule has 0 aliphatic carbocycles. The number of rotatable bonds is 3. The van der Waals surface area contributed by atoms with E-state index in [0.29, 0.717) is 6.42 Å². The first kappa shape index (κ1) is 10.6. The Kier molecular flexibility index (Phi) is 2.60. The molecule has 1 aromatic rings. The number of benzene rings is 1. The Morgan fingerprint density at radius 3 is 2.50 bits per heavy atom. The summed E-state index contributed by atoms with van der Waals surface area (Å²) in [4.78, 5) is 23.9. The standard InChI is InChI=1S/C13H13NO2/c1-2-8-13(10-6-4-3-5-7-10)11(15)9-14-12(13)16/h2-7H,1,8-9H2,(H,14,16). The summed E-state index contributed by atoms with van der Waals surface area (Å²) in [6.45, 7) is 3.74. The molecule has 16 heavy (non-hydrogen) atoms. The van der Waals surface area contributed by atoms with Crippen LogP contribution in [0.4, 0.5) is 0 Å². The Morgan fingerprint density at radius 1 is 1.31 bits per heavy atom. The van der Waals surface area contributed by atoms with Gasteiger partial charge in [-0.25, -0.2) is 0 Å². The fourth-order valence-electron chi connectivity index (χ4n) is 2.14. The molecule has 0 spiro atoms. The third-order valence-electron chi connectivity index (χ3n) is 2.99. The van der Waals surface area contributed by atoms with Crippen molar-refractivity contribution in [1.82, 2.24) is 5.32 Å². The molecule has 82 valence electrons. The Bertz CT molecular complexity index is 421. The van der Waals surface area contributed by atoms with Crippen LogP contribution >= 0.6 is 0 Å². The molecule has 0 saturated carbocycles. The maximum Gasteiger partial charge on any atom is 0.238 e. The van der Waals surface area contributed by atoms with Gasteiger partial charge >= 0.3 is 0 Å². The molecule has 1 atom stereocenters. The van der Waals surface area contributed by atoms with Crippen LogP contribution in [0.3, 0.4) is 0 Å². The molecule has 3 nitrogen and oxygen atoms in total. The van der Waals surface area contributed by atoms with Crippen molar-refractivity contribution < 1.29 is 9.59 Å². The Morgan fingerprint density at radius 2 is 2.00 bits per heavy atom. The van der Waals surface area contributed by atoms with Gasteiger partial charge in [-0.05, 0) is 12.0 Å². The van der Waals surface area contributed by atoms with E-state index < -0.39 is 5.41 Å². The van der Waals surface area contributed by atoms with Gasteiger partial charge in [-0.2, -0.15) is 0 Å². The van der Waals surface area contributed by atoms with Crippen LogP contribution in [0.25, 0.3) is 0 Å². The third-order valence-corrected chi connectivity index (χ3v) is 2.99. The quantitative estimate of drug-likeness (QED) is 0.608. The average molecular weight is 215 g/mol. The molecule has 0 aromatic heterocycles. The molecule has 0 radical (unpaired) electrons. The second-order valence-corrected chi connectivity index (χ2v) is 3.87. The van der Waals surface area contributed by atoms with Crippen LogP contribution in [-0.4, -0.2) is 18.2 Å². The highest BCUT2D eigenvalue weighted by Gasteiger charge is 2.50. The van der Waals surface area contributed by atoms with Crippen molar-refractivity contribution in [3.63, 3.8) is 0 Å². The minimum Gasteiger partial charge on any atom is -0.348 e. The van der Waals surface area contributed by atoms with E-state index in [2.05, 4.69) is 11.9 Å². The first-order chi connectivity index (χ1) is 7.71. The van der Waals surface area contributed by atoms with Gasteiger partial charge in [-0.15, -0.1) is 6.58 Å². The molecule has 2 rings (SSSR count). The predicted molar refractivity (Wildman–Crippen MR) is 61.0 cm³/mol. The molecule has 1 fully saturated rings. The summed E-state index contributed by atoms with van der Waals surface area (Å²) < 4.78 is 0. The molecule has 1 saturated heterocycles. The summed E-state index contributed by atoms with van der Waals surface area (Å²) in [5.41, 5.74) is -0.307. The molecule has 1 N–H and O–H groups in total. The van der Waals surface area contributed by atoms with Gasteiger partial charge in [0.15, 0.2) is 5.78 Å². The molecule has 0 bridgehead atoms. The van der Waals surface area contributed by atoms with Gasteiger partial charge in [-0.3, -0.25) is 9.59 Å². The van der Waals surface area contributed by atoms with Crippen LogP contribution in [0, 0.1) is 0 Å². The maximum atomic E-state index is 12.0. The molecular weight excluding hydrogens is 202 g/mol. The zero-order valence-electron chi connectivity index (χ0n) is 8.90. The SMILES string of the molecule is C=CCC1(c2ccccc2)C(=O)CNC1=O. The van der Waals surface area contributed by atoms with E-state index in [-0.39, 0.29) is 18.2 Å². The highest BCUT2D eigenvalue weighted by Crippen LogP contribution is 2.32. The van der Waals surface area contributed by atoms with Gasteiger partial charge in [-0.1, -0.05) is 36.4 Å². The van der Waals surface area contributed by atoms with E-state index in [0.717, 1.165) is 5.56 Å². The summed E-state index contributed by atoms with van der Waals surface area (Å²) in [6.07, 6.45) is 1.97. The maximum absolute atomic E-state index is 12.0. The van der Waals surface area contributed by atoms with Crippen molar-refractivity contribution in [2.24, 2.45) is 0 Å². The van der Waals surface area contributed by atoms with Crippen molar-refractivity contribution in [3.8, 4) is 0 Å². The monoisotopic (exact) mass is 215 g/mol. The first-order valence-electron chi connectivity index (χ1n) is 5.20. The van der Waals surface area contributed by atoms with Gasteiger partial charge in [0.1, 0.15) is 5.41 Å².